The van der Waals surface area contributed by atoms with Crippen LogP contribution in [0.5, 0.6) is 0 Å². The van der Waals surface area contributed by atoms with Gasteiger partial charge in [-0.05, 0) is 44.2 Å². The Morgan fingerprint density at radius 3 is 2.72 bits per heavy atom. The Morgan fingerprint density at radius 2 is 2.17 bits per heavy atom. The first kappa shape index (κ1) is 13.3. The van der Waals surface area contributed by atoms with E-state index in [4.69, 9.17) is 0 Å². The van der Waals surface area contributed by atoms with E-state index in [1.54, 1.807) is 0 Å². The van der Waals surface area contributed by atoms with Crippen molar-refractivity contribution in [3.63, 3.8) is 0 Å². The van der Waals surface area contributed by atoms with Crippen molar-refractivity contribution in [2.24, 2.45) is 0 Å². The molecular weight excluding hydrogens is 290 g/mol. The second kappa shape index (κ2) is 5.67. The zero-order valence-electron chi connectivity index (χ0n) is 10.9. The van der Waals surface area contributed by atoms with Crippen molar-refractivity contribution in [1.29, 1.82) is 0 Å². The highest BCUT2D eigenvalue weighted by atomic mass is 79.9. The molecule has 0 aliphatic carbocycles. The number of hydrogen-bond donors (Lipinski definition) is 1. The van der Waals surface area contributed by atoms with E-state index in [1.807, 2.05) is 23.9 Å². The maximum atomic E-state index is 4.41. The summed E-state index contributed by atoms with van der Waals surface area (Å²) in [5, 5.41) is 7.83. The van der Waals surface area contributed by atoms with Crippen LogP contribution >= 0.6 is 15.9 Å². The fourth-order valence-corrected chi connectivity index (χ4v) is 2.69. The third kappa shape index (κ3) is 2.82. The molecule has 3 nitrogen and oxygen atoms in total. The van der Waals surface area contributed by atoms with Gasteiger partial charge in [-0.15, -0.1) is 0 Å². The Kier molecular flexibility index (Phi) is 4.19. The topological polar surface area (TPSA) is 29.9 Å². The van der Waals surface area contributed by atoms with Crippen LogP contribution in [0.3, 0.4) is 0 Å². The average molecular weight is 308 g/mol. The molecule has 1 heterocycles. The number of nitrogens with zero attached hydrogens (tertiary/aromatic N) is 2. The molecule has 2 aromatic rings. The van der Waals surface area contributed by atoms with Crippen LogP contribution in [-0.2, 0) is 0 Å². The van der Waals surface area contributed by atoms with E-state index in [2.05, 4.69) is 58.4 Å². The lowest BCUT2D eigenvalue weighted by Gasteiger charge is -2.15. The second-order valence-corrected chi connectivity index (χ2v) is 5.24. The Bertz CT molecular complexity index is 534. The van der Waals surface area contributed by atoms with Crippen LogP contribution in [-0.4, -0.2) is 16.3 Å². The molecule has 18 heavy (non-hydrogen) atoms. The fourth-order valence-electron chi connectivity index (χ4n) is 1.98. The molecule has 1 N–H and O–H groups in total. The molecule has 0 amide bonds. The summed E-state index contributed by atoms with van der Waals surface area (Å²) < 4.78 is 3.00. The van der Waals surface area contributed by atoms with Gasteiger partial charge in [0.1, 0.15) is 0 Å². The van der Waals surface area contributed by atoms with Gasteiger partial charge in [-0.25, -0.2) is 4.68 Å². The minimum absolute atomic E-state index is 0.345. The van der Waals surface area contributed by atoms with E-state index < -0.39 is 0 Å². The summed E-state index contributed by atoms with van der Waals surface area (Å²) in [7, 11) is 0. The van der Waals surface area contributed by atoms with Crippen molar-refractivity contribution >= 4 is 15.9 Å². The molecule has 1 aromatic heterocycles. The van der Waals surface area contributed by atoms with Gasteiger partial charge in [0.05, 0.1) is 11.4 Å². The van der Waals surface area contributed by atoms with Crippen molar-refractivity contribution in [3.05, 3.63) is 46.2 Å². The molecule has 1 atom stereocenters. The summed E-state index contributed by atoms with van der Waals surface area (Å²) in [6, 6.07) is 8.70. The minimum Gasteiger partial charge on any atom is -0.310 e. The van der Waals surface area contributed by atoms with Crippen LogP contribution in [0.15, 0.2) is 34.9 Å². The van der Waals surface area contributed by atoms with Crippen LogP contribution in [0.25, 0.3) is 5.69 Å². The summed E-state index contributed by atoms with van der Waals surface area (Å²) in [6.45, 7) is 7.24. The van der Waals surface area contributed by atoms with Crippen LogP contribution in [0.4, 0.5) is 0 Å². The molecule has 4 heteroatoms. The zero-order chi connectivity index (χ0) is 13.1. The number of benzene rings is 1. The molecule has 0 fully saturated rings. The molecule has 0 saturated heterocycles. The van der Waals surface area contributed by atoms with Gasteiger partial charge in [0.2, 0.25) is 0 Å². The summed E-state index contributed by atoms with van der Waals surface area (Å²) in [6.07, 6.45) is 1.98. The summed E-state index contributed by atoms with van der Waals surface area (Å²) >= 11 is 3.64. The van der Waals surface area contributed by atoms with Crippen LogP contribution in [0, 0.1) is 6.92 Å². The van der Waals surface area contributed by atoms with Crippen LogP contribution in [0.1, 0.15) is 31.1 Å². The number of nitrogens with one attached hydrogen (secondary N) is 1. The van der Waals surface area contributed by atoms with Gasteiger partial charge in [-0.3, -0.25) is 0 Å². The van der Waals surface area contributed by atoms with Crippen molar-refractivity contribution in [3.8, 4) is 5.69 Å². The highest BCUT2D eigenvalue weighted by molar-refractivity contribution is 9.10. The second-order valence-electron chi connectivity index (χ2n) is 4.39. The third-order valence-corrected chi connectivity index (χ3v) is 3.63. The summed E-state index contributed by atoms with van der Waals surface area (Å²) in [5.41, 5.74) is 3.36. The molecule has 1 aromatic carbocycles. The van der Waals surface area contributed by atoms with Gasteiger partial charge >= 0.3 is 0 Å². The standard InChI is InChI=1S/C14H18BrN3/c1-4-16-11(3)13-6-5-12(9-14(13)15)18-8-7-10(2)17-18/h5-9,11,16H,4H2,1-3H3. The Hall–Kier alpha value is -1.13. The normalized spacial score (nSPS) is 12.7. The van der Waals surface area contributed by atoms with Gasteiger partial charge in [0.15, 0.2) is 0 Å². The predicted octanol–water partition coefficient (Wildman–Crippen LogP) is 3.61. The molecule has 0 saturated carbocycles. The summed E-state index contributed by atoms with van der Waals surface area (Å²) in [4.78, 5) is 0. The summed E-state index contributed by atoms with van der Waals surface area (Å²) in [5.74, 6) is 0. The van der Waals surface area contributed by atoms with E-state index >= 15 is 0 Å². The maximum absolute atomic E-state index is 4.41. The Labute approximate surface area is 116 Å². The first-order valence-corrected chi connectivity index (χ1v) is 6.96. The lowest BCUT2D eigenvalue weighted by Crippen LogP contribution is -2.18. The van der Waals surface area contributed by atoms with Gasteiger partial charge < -0.3 is 5.32 Å². The van der Waals surface area contributed by atoms with Gasteiger partial charge in [-0.2, -0.15) is 5.10 Å². The van der Waals surface area contributed by atoms with Gasteiger partial charge in [0, 0.05) is 16.7 Å². The van der Waals surface area contributed by atoms with Gasteiger partial charge in [-0.1, -0.05) is 28.9 Å². The first-order valence-electron chi connectivity index (χ1n) is 6.17. The molecule has 0 spiro atoms. The fraction of sp³-hybridized carbons (Fsp3) is 0.357. The van der Waals surface area contributed by atoms with Crippen molar-refractivity contribution in [2.75, 3.05) is 6.54 Å². The van der Waals surface area contributed by atoms with Gasteiger partial charge in [0.25, 0.3) is 0 Å². The lowest BCUT2D eigenvalue weighted by molar-refractivity contribution is 0.596. The van der Waals surface area contributed by atoms with E-state index in [0.29, 0.717) is 6.04 Å². The first-order chi connectivity index (χ1) is 8.61. The lowest BCUT2D eigenvalue weighted by atomic mass is 10.1. The number of hydrogen-bond acceptors (Lipinski definition) is 2. The van der Waals surface area contributed by atoms with Crippen LogP contribution in [0.2, 0.25) is 0 Å². The highest BCUT2D eigenvalue weighted by Gasteiger charge is 2.09. The SMILES string of the molecule is CCNC(C)c1ccc(-n2ccc(C)n2)cc1Br. The average Bonchev–Trinajstić information content (AvgIpc) is 2.76. The maximum Gasteiger partial charge on any atom is 0.0657 e. The zero-order valence-corrected chi connectivity index (χ0v) is 12.5. The van der Waals surface area contributed by atoms with Crippen molar-refractivity contribution < 1.29 is 0 Å². The molecular formula is C14H18BrN3. The van der Waals surface area contributed by atoms with Crippen LogP contribution < -0.4 is 5.32 Å². The number of aromatic nitrogens is 2. The molecule has 0 aliphatic heterocycles. The third-order valence-electron chi connectivity index (χ3n) is 2.95. The van der Waals surface area contributed by atoms with E-state index in [1.165, 1.54) is 5.56 Å². The molecule has 0 bridgehead atoms. The predicted molar refractivity (Wildman–Crippen MR) is 78.1 cm³/mol. The largest absolute Gasteiger partial charge is 0.310 e. The number of rotatable bonds is 4. The molecule has 0 aliphatic rings. The van der Waals surface area contributed by atoms with E-state index in [9.17, 15) is 0 Å². The highest BCUT2D eigenvalue weighted by Crippen LogP contribution is 2.25. The number of halogens is 1. The molecule has 1 unspecified atom stereocenters. The monoisotopic (exact) mass is 307 g/mol. The Balaban J connectivity index is 2.30. The molecule has 2 rings (SSSR count). The van der Waals surface area contributed by atoms with Crippen molar-refractivity contribution in [2.45, 2.75) is 26.8 Å². The van der Waals surface area contributed by atoms with E-state index in [-0.39, 0.29) is 0 Å². The molecule has 0 radical (unpaired) electrons. The quantitative estimate of drug-likeness (QED) is 0.935. The smallest absolute Gasteiger partial charge is 0.0657 e. The minimum atomic E-state index is 0.345. The van der Waals surface area contributed by atoms with E-state index in [0.717, 1.165) is 22.4 Å². The van der Waals surface area contributed by atoms with Crippen molar-refractivity contribution in [1.82, 2.24) is 15.1 Å². The molecule has 96 valence electrons. The number of aryl methyl sites for hydroxylation is 1. The Morgan fingerprint density at radius 1 is 1.39 bits per heavy atom.